The summed E-state index contributed by atoms with van der Waals surface area (Å²) in [5, 5.41) is 0. The minimum Gasteiger partial charge on any atom is -0.170 e. The molecule has 0 bridgehead atoms. The molecule has 1 atom stereocenters. The van der Waals surface area contributed by atoms with E-state index in [1.807, 2.05) is 0 Å². The van der Waals surface area contributed by atoms with E-state index in [2.05, 4.69) is 6.92 Å². The number of unbranched alkanes of at least 4 members (excludes halogenated alkanes) is 3. The average molecular weight is 244 g/mol. The quantitative estimate of drug-likeness (QED) is 0.461. The van der Waals surface area contributed by atoms with Crippen molar-refractivity contribution in [2.45, 2.75) is 45.2 Å². The summed E-state index contributed by atoms with van der Waals surface area (Å²) in [7, 11) is 0. The Balaban J connectivity index is 2.66. The maximum Gasteiger partial charge on any atom is 0.401 e. The molecule has 1 unspecified atom stereocenters. The van der Waals surface area contributed by atoms with Gasteiger partial charge in [-0.05, 0) is 19.3 Å². The van der Waals surface area contributed by atoms with Crippen molar-refractivity contribution >= 4 is 0 Å². The molecule has 0 amide bonds. The van der Waals surface area contributed by atoms with E-state index in [4.69, 9.17) is 0 Å². The molecular formula is C14H19F3. The first-order valence-corrected chi connectivity index (χ1v) is 6.10. The number of rotatable bonds is 5. The topological polar surface area (TPSA) is 0 Å². The van der Waals surface area contributed by atoms with Crippen LogP contribution in [0.25, 0.3) is 0 Å². The molecule has 0 fully saturated rings. The van der Waals surface area contributed by atoms with Crippen LogP contribution in [0.3, 0.4) is 0 Å². The zero-order chi connectivity index (χ0) is 12.8. The van der Waals surface area contributed by atoms with Gasteiger partial charge in [-0.3, -0.25) is 0 Å². The number of alkyl halides is 3. The average Bonchev–Trinajstić information content (AvgIpc) is 2.29. The molecule has 3 heteroatoms. The zero-order valence-corrected chi connectivity index (χ0v) is 10.1. The summed E-state index contributed by atoms with van der Waals surface area (Å²) in [4.78, 5) is 0. The Hall–Kier alpha value is -0.990. The van der Waals surface area contributed by atoms with Crippen molar-refractivity contribution < 1.29 is 13.2 Å². The van der Waals surface area contributed by atoms with Crippen LogP contribution in [-0.4, -0.2) is 6.18 Å². The van der Waals surface area contributed by atoms with Crippen LogP contribution < -0.4 is 0 Å². The molecule has 0 heterocycles. The van der Waals surface area contributed by atoms with Crippen LogP contribution in [-0.2, 0) is 0 Å². The van der Waals surface area contributed by atoms with Crippen molar-refractivity contribution in [1.29, 1.82) is 0 Å². The molecule has 0 N–H and O–H groups in total. The van der Waals surface area contributed by atoms with E-state index in [0.717, 1.165) is 25.7 Å². The maximum atomic E-state index is 13.0. The lowest BCUT2D eigenvalue weighted by atomic mass is 9.80. The third kappa shape index (κ3) is 3.76. The van der Waals surface area contributed by atoms with Crippen LogP contribution in [0.2, 0.25) is 0 Å². The van der Waals surface area contributed by atoms with Crippen LogP contribution in [0.4, 0.5) is 13.2 Å². The van der Waals surface area contributed by atoms with Crippen molar-refractivity contribution in [3.63, 3.8) is 0 Å². The third-order valence-corrected chi connectivity index (χ3v) is 3.01. The predicted octanol–water partition coefficient (Wildman–Crippen LogP) is 5.19. The van der Waals surface area contributed by atoms with Gasteiger partial charge >= 0.3 is 6.18 Å². The van der Waals surface area contributed by atoms with Crippen LogP contribution in [0, 0.1) is 5.41 Å². The Labute approximate surface area is 101 Å². The number of allylic oxidation sites excluding steroid dienone is 6. The lowest BCUT2D eigenvalue weighted by Gasteiger charge is -2.30. The molecule has 0 saturated heterocycles. The minimum absolute atomic E-state index is 0.0112. The highest BCUT2D eigenvalue weighted by atomic mass is 19.4. The number of hydrogen-bond donors (Lipinski definition) is 0. The fourth-order valence-electron chi connectivity index (χ4n) is 1.87. The van der Waals surface area contributed by atoms with Gasteiger partial charge in [0.1, 0.15) is 5.41 Å². The predicted molar refractivity (Wildman–Crippen MR) is 64.7 cm³/mol. The molecule has 1 rings (SSSR count). The molecule has 96 valence electrons. The maximum absolute atomic E-state index is 13.0. The largest absolute Gasteiger partial charge is 0.401 e. The highest BCUT2D eigenvalue weighted by Crippen LogP contribution is 2.45. The highest BCUT2D eigenvalue weighted by molar-refractivity contribution is 5.25. The van der Waals surface area contributed by atoms with Gasteiger partial charge in [0.05, 0.1) is 0 Å². The zero-order valence-electron chi connectivity index (χ0n) is 10.1. The second kappa shape index (κ2) is 6.08. The molecule has 0 nitrogen and oxygen atoms in total. The summed E-state index contributed by atoms with van der Waals surface area (Å²) in [5.74, 6) is 0. The van der Waals surface area contributed by atoms with Gasteiger partial charge in [0.2, 0.25) is 0 Å². The molecule has 0 radical (unpaired) electrons. The Morgan fingerprint density at radius 2 is 2.00 bits per heavy atom. The molecule has 0 spiro atoms. The Morgan fingerprint density at radius 3 is 2.53 bits per heavy atom. The molecule has 0 aromatic rings. The highest BCUT2D eigenvalue weighted by Gasteiger charge is 2.50. The molecule has 1 aliphatic rings. The number of hydrogen-bond acceptors (Lipinski definition) is 0. The van der Waals surface area contributed by atoms with Crippen molar-refractivity contribution in [2.24, 2.45) is 5.41 Å². The van der Waals surface area contributed by atoms with Gasteiger partial charge in [0.15, 0.2) is 0 Å². The van der Waals surface area contributed by atoms with Gasteiger partial charge in [0.25, 0.3) is 0 Å². The fourth-order valence-corrected chi connectivity index (χ4v) is 1.87. The molecule has 0 saturated carbocycles. The summed E-state index contributed by atoms with van der Waals surface area (Å²) in [6.45, 7) is 2.08. The van der Waals surface area contributed by atoms with Gasteiger partial charge in [-0.25, -0.2) is 0 Å². The molecule has 0 aromatic carbocycles. The summed E-state index contributed by atoms with van der Waals surface area (Å²) in [6.07, 6.45) is 8.60. The lowest BCUT2D eigenvalue weighted by molar-refractivity contribution is -0.188. The first-order chi connectivity index (χ1) is 8.02. The van der Waals surface area contributed by atoms with Crippen LogP contribution >= 0.6 is 0 Å². The molecule has 0 aromatic heterocycles. The molecule has 0 aliphatic heterocycles. The van der Waals surface area contributed by atoms with Gasteiger partial charge < -0.3 is 0 Å². The summed E-state index contributed by atoms with van der Waals surface area (Å²) in [5.41, 5.74) is -1.78. The summed E-state index contributed by atoms with van der Waals surface area (Å²) < 4.78 is 39.1. The first-order valence-electron chi connectivity index (χ1n) is 6.10. The van der Waals surface area contributed by atoms with E-state index in [-0.39, 0.29) is 6.42 Å². The Morgan fingerprint density at radius 1 is 1.24 bits per heavy atom. The Bertz CT molecular complexity index is 310. The normalized spacial score (nSPS) is 24.7. The van der Waals surface area contributed by atoms with Crippen LogP contribution in [0.5, 0.6) is 0 Å². The monoisotopic (exact) mass is 244 g/mol. The van der Waals surface area contributed by atoms with E-state index in [0.29, 0.717) is 0 Å². The van der Waals surface area contributed by atoms with Gasteiger partial charge in [-0.15, -0.1) is 0 Å². The van der Waals surface area contributed by atoms with E-state index < -0.39 is 11.6 Å². The first kappa shape index (κ1) is 14.1. The van der Waals surface area contributed by atoms with E-state index in [1.54, 1.807) is 18.2 Å². The molecule has 1 aliphatic carbocycles. The summed E-state index contributed by atoms with van der Waals surface area (Å²) >= 11 is 0. The minimum atomic E-state index is -4.21. The molecular weight excluding hydrogens is 225 g/mol. The summed E-state index contributed by atoms with van der Waals surface area (Å²) in [6, 6.07) is 0. The van der Waals surface area contributed by atoms with Gasteiger partial charge in [-0.2, -0.15) is 13.2 Å². The van der Waals surface area contributed by atoms with E-state index in [9.17, 15) is 13.2 Å². The standard InChI is InChI=1S/C14H19F3/c1-2-3-4-5-7-10-13(14(15,16)17)11-8-6-9-12-13/h6-11H,2-5,12H2,1H3. The SMILES string of the molecule is CCCCCC=CC1(C(F)(F)F)C=CC=CC1. The van der Waals surface area contributed by atoms with Crippen LogP contribution in [0.1, 0.15) is 39.0 Å². The van der Waals surface area contributed by atoms with Gasteiger partial charge in [0, 0.05) is 0 Å². The fraction of sp³-hybridized carbons (Fsp3) is 0.571. The second-order valence-corrected chi connectivity index (χ2v) is 4.43. The number of halogens is 3. The van der Waals surface area contributed by atoms with E-state index >= 15 is 0 Å². The lowest BCUT2D eigenvalue weighted by Crippen LogP contribution is -2.34. The van der Waals surface area contributed by atoms with Crippen molar-refractivity contribution in [3.8, 4) is 0 Å². The van der Waals surface area contributed by atoms with Gasteiger partial charge in [-0.1, -0.05) is 56.2 Å². The third-order valence-electron chi connectivity index (χ3n) is 3.01. The van der Waals surface area contributed by atoms with E-state index in [1.165, 1.54) is 18.2 Å². The van der Waals surface area contributed by atoms with Crippen molar-refractivity contribution in [2.75, 3.05) is 0 Å². The van der Waals surface area contributed by atoms with Crippen LogP contribution in [0.15, 0.2) is 36.5 Å². The van der Waals surface area contributed by atoms with Crippen molar-refractivity contribution in [1.82, 2.24) is 0 Å². The Kier molecular flexibility index (Phi) is 5.03. The van der Waals surface area contributed by atoms with Crippen molar-refractivity contribution in [3.05, 3.63) is 36.5 Å². The smallest absolute Gasteiger partial charge is 0.170 e. The second-order valence-electron chi connectivity index (χ2n) is 4.43. The molecule has 17 heavy (non-hydrogen) atoms.